The molecule has 0 aliphatic carbocycles. The summed E-state index contributed by atoms with van der Waals surface area (Å²) in [5.41, 5.74) is 2.10. The third-order valence-corrected chi connectivity index (χ3v) is 4.21. The fraction of sp³-hybridized carbons (Fsp3) is 0.421. The van der Waals surface area contributed by atoms with Gasteiger partial charge < -0.3 is 20.3 Å². The Balaban J connectivity index is 1.65. The van der Waals surface area contributed by atoms with E-state index in [0.29, 0.717) is 18.1 Å². The van der Waals surface area contributed by atoms with Gasteiger partial charge in [0.1, 0.15) is 0 Å². The topological polar surface area (TPSA) is 79.4 Å². The molecule has 1 aliphatic rings. The van der Waals surface area contributed by atoms with Crippen LogP contribution in [-0.2, 0) is 9.53 Å². The van der Waals surface area contributed by atoms with Gasteiger partial charge in [-0.1, -0.05) is 25.5 Å². The summed E-state index contributed by atoms with van der Waals surface area (Å²) in [4.78, 5) is 14.1. The molecule has 0 saturated carbocycles. The van der Waals surface area contributed by atoms with Gasteiger partial charge in [0, 0.05) is 19.5 Å². The van der Waals surface area contributed by atoms with Crippen LogP contribution >= 0.6 is 0 Å². The second kappa shape index (κ2) is 9.15. The summed E-state index contributed by atoms with van der Waals surface area (Å²) < 4.78 is 5.43. The van der Waals surface area contributed by atoms with Crippen LogP contribution in [0.5, 0.6) is 0 Å². The van der Waals surface area contributed by atoms with Gasteiger partial charge in [-0.05, 0) is 30.7 Å². The number of unbranched alkanes of at least 4 members (excludes halogenated alkanes) is 1. The number of aromatic nitrogens is 2. The van der Waals surface area contributed by atoms with Crippen molar-refractivity contribution in [2.75, 3.05) is 41.8 Å². The first-order chi connectivity index (χ1) is 12.8. The summed E-state index contributed by atoms with van der Waals surface area (Å²) >= 11 is 0. The molecule has 2 aromatic rings. The Morgan fingerprint density at radius 2 is 1.85 bits per heavy atom. The molecule has 0 bridgehead atoms. The van der Waals surface area contributed by atoms with E-state index in [1.807, 2.05) is 24.3 Å². The number of rotatable bonds is 7. The van der Waals surface area contributed by atoms with Crippen LogP contribution in [0, 0.1) is 0 Å². The number of nitrogens with zero attached hydrogens (tertiary/aromatic N) is 3. The SMILES string of the molecule is CCCCC(=O)Nc1ccc(Nc2ccccc2N2CCOCC2)nn1. The van der Waals surface area contributed by atoms with Gasteiger partial charge in [0.15, 0.2) is 11.6 Å². The summed E-state index contributed by atoms with van der Waals surface area (Å²) in [5.74, 6) is 1.08. The van der Waals surface area contributed by atoms with Gasteiger partial charge in [0.25, 0.3) is 0 Å². The van der Waals surface area contributed by atoms with Crippen LogP contribution in [0.4, 0.5) is 23.0 Å². The number of amides is 1. The number of hydrogen-bond acceptors (Lipinski definition) is 6. The minimum absolute atomic E-state index is 0.0282. The highest BCUT2D eigenvalue weighted by molar-refractivity contribution is 5.89. The van der Waals surface area contributed by atoms with Crippen molar-refractivity contribution in [2.24, 2.45) is 0 Å². The predicted octanol–water partition coefficient (Wildman–Crippen LogP) is 3.19. The highest BCUT2D eigenvalue weighted by Gasteiger charge is 2.14. The lowest BCUT2D eigenvalue weighted by atomic mass is 10.2. The molecular formula is C19H25N5O2. The van der Waals surface area contributed by atoms with Crippen molar-refractivity contribution in [2.45, 2.75) is 26.2 Å². The molecule has 1 aromatic heterocycles. The Kier molecular flexibility index (Phi) is 6.38. The largest absolute Gasteiger partial charge is 0.378 e. The standard InChI is InChI=1S/C19H25N5O2/c1-2-3-8-19(25)21-18-10-9-17(22-23-18)20-15-6-4-5-7-16(15)24-11-13-26-14-12-24/h4-7,9-10H,2-3,8,11-14H2,1H3,(H,20,22)(H,21,23,25). The number of nitrogens with one attached hydrogen (secondary N) is 2. The lowest BCUT2D eigenvalue weighted by Gasteiger charge is -2.30. The fourth-order valence-corrected chi connectivity index (χ4v) is 2.81. The van der Waals surface area contributed by atoms with E-state index in [-0.39, 0.29) is 5.91 Å². The molecular weight excluding hydrogens is 330 g/mol. The summed E-state index contributed by atoms with van der Waals surface area (Å²) in [5, 5.41) is 14.3. The maximum absolute atomic E-state index is 11.8. The van der Waals surface area contributed by atoms with E-state index in [1.54, 1.807) is 6.07 Å². The first-order valence-corrected chi connectivity index (χ1v) is 9.08. The number of hydrogen-bond donors (Lipinski definition) is 2. The Labute approximate surface area is 153 Å². The quantitative estimate of drug-likeness (QED) is 0.794. The van der Waals surface area contributed by atoms with Crippen LogP contribution in [0.25, 0.3) is 0 Å². The molecule has 3 rings (SSSR count). The Morgan fingerprint density at radius 1 is 1.12 bits per heavy atom. The molecule has 7 nitrogen and oxygen atoms in total. The molecule has 0 spiro atoms. The van der Waals surface area contributed by atoms with Gasteiger partial charge in [0.05, 0.1) is 24.6 Å². The maximum atomic E-state index is 11.8. The predicted molar refractivity (Wildman–Crippen MR) is 103 cm³/mol. The Morgan fingerprint density at radius 3 is 2.58 bits per heavy atom. The third-order valence-electron chi connectivity index (χ3n) is 4.21. The zero-order chi connectivity index (χ0) is 18.2. The van der Waals surface area contributed by atoms with Crippen LogP contribution in [0.15, 0.2) is 36.4 Å². The molecule has 1 amide bonds. The van der Waals surface area contributed by atoms with Crippen LogP contribution in [0.3, 0.4) is 0 Å². The average molecular weight is 355 g/mol. The van der Waals surface area contributed by atoms with Crippen LogP contribution in [0.2, 0.25) is 0 Å². The van der Waals surface area contributed by atoms with Gasteiger partial charge >= 0.3 is 0 Å². The van der Waals surface area contributed by atoms with Crippen molar-refractivity contribution in [3.63, 3.8) is 0 Å². The number of carbonyl (C=O) groups excluding carboxylic acids is 1. The molecule has 0 unspecified atom stereocenters. The van der Waals surface area contributed by atoms with Crippen molar-refractivity contribution in [3.8, 4) is 0 Å². The minimum Gasteiger partial charge on any atom is -0.378 e. The van der Waals surface area contributed by atoms with E-state index in [9.17, 15) is 4.79 Å². The number of ether oxygens (including phenoxy) is 1. The van der Waals surface area contributed by atoms with E-state index in [2.05, 4.69) is 38.7 Å². The lowest BCUT2D eigenvalue weighted by Crippen LogP contribution is -2.36. The van der Waals surface area contributed by atoms with E-state index in [0.717, 1.165) is 50.5 Å². The molecule has 138 valence electrons. The molecule has 0 radical (unpaired) electrons. The second-order valence-electron chi connectivity index (χ2n) is 6.20. The summed E-state index contributed by atoms with van der Waals surface area (Å²) in [6.07, 6.45) is 2.37. The summed E-state index contributed by atoms with van der Waals surface area (Å²) in [7, 11) is 0. The van der Waals surface area contributed by atoms with Crippen LogP contribution in [0.1, 0.15) is 26.2 Å². The molecule has 7 heteroatoms. The molecule has 1 aliphatic heterocycles. The average Bonchev–Trinajstić information content (AvgIpc) is 2.69. The monoisotopic (exact) mass is 355 g/mol. The number of anilines is 4. The van der Waals surface area contributed by atoms with Crippen molar-refractivity contribution >= 4 is 28.9 Å². The van der Waals surface area contributed by atoms with Crippen LogP contribution in [-0.4, -0.2) is 42.4 Å². The zero-order valence-corrected chi connectivity index (χ0v) is 15.1. The van der Waals surface area contributed by atoms with E-state index < -0.39 is 0 Å². The van der Waals surface area contributed by atoms with Gasteiger partial charge in [-0.25, -0.2) is 0 Å². The van der Waals surface area contributed by atoms with Gasteiger partial charge in [0.2, 0.25) is 5.91 Å². The number of morpholine rings is 1. The molecule has 1 aromatic carbocycles. The first-order valence-electron chi connectivity index (χ1n) is 9.08. The first kappa shape index (κ1) is 18.1. The smallest absolute Gasteiger partial charge is 0.225 e. The van der Waals surface area contributed by atoms with Crippen molar-refractivity contribution in [3.05, 3.63) is 36.4 Å². The van der Waals surface area contributed by atoms with E-state index in [4.69, 9.17) is 4.74 Å². The van der Waals surface area contributed by atoms with E-state index in [1.165, 1.54) is 0 Å². The maximum Gasteiger partial charge on any atom is 0.225 e. The minimum atomic E-state index is -0.0282. The number of carbonyl (C=O) groups is 1. The zero-order valence-electron chi connectivity index (χ0n) is 15.1. The highest BCUT2D eigenvalue weighted by Crippen LogP contribution is 2.28. The summed E-state index contributed by atoms with van der Waals surface area (Å²) in [6, 6.07) is 11.7. The molecule has 26 heavy (non-hydrogen) atoms. The number of benzene rings is 1. The fourth-order valence-electron chi connectivity index (χ4n) is 2.81. The van der Waals surface area contributed by atoms with Crippen molar-refractivity contribution in [1.29, 1.82) is 0 Å². The second-order valence-corrected chi connectivity index (χ2v) is 6.20. The Hall–Kier alpha value is -2.67. The van der Waals surface area contributed by atoms with Gasteiger partial charge in [-0.2, -0.15) is 0 Å². The third kappa shape index (κ3) is 4.92. The molecule has 0 atom stereocenters. The Bertz CT molecular complexity index is 714. The van der Waals surface area contributed by atoms with Crippen molar-refractivity contribution < 1.29 is 9.53 Å². The lowest BCUT2D eigenvalue weighted by molar-refractivity contribution is -0.116. The molecule has 1 saturated heterocycles. The van der Waals surface area contributed by atoms with Crippen molar-refractivity contribution in [1.82, 2.24) is 10.2 Å². The molecule has 2 N–H and O–H groups in total. The van der Waals surface area contributed by atoms with Crippen LogP contribution < -0.4 is 15.5 Å². The molecule has 2 heterocycles. The van der Waals surface area contributed by atoms with E-state index >= 15 is 0 Å². The normalized spacial score (nSPS) is 14.1. The summed E-state index contributed by atoms with van der Waals surface area (Å²) in [6.45, 7) is 5.27. The number of para-hydroxylation sites is 2. The van der Waals surface area contributed by atoms with Gasteiger partial charge in [-0.15, -0.1) is 10.2 Å². The van der Waals surface area contributed by atoms with Gasteiger partial charge in [-0.3, -0.25) is 4.79 Å². The highest BCUT2D eigenvalue weighted by atomic mass is 16.5. The molecule has 1 fully saturated rings.